The van der Waals surface area contributed by atoms with Crippen molar-refractivity contribution < 1.29 is 19.0 Å². The lowest BCUT2D eigenvalue weighted by molar-refractivity contribution is -0.0184. The standard InChI is InChI=1S/C18H15BrO4/c1-10-2-3-16-13(4-10)15(20)7-17(23-16)14-6-12(19)5-11-8-21-9-22-18(11)14/h2-6,17H,7-9H2,1H3/t17-/m0/s1. The number of hydrogen-bond acceptors (Lipinski definition) is 4. The van der Waals surface area contributed by atoms with E-state index in [-0.39, 0.29) is 18.7 Å². The van der Waals surface area contributed by atoms with Crippen molar-refractivity contribution in [3.05, 3.63) is 57.1 Å². The Morgan fingerprint density at radius 3 is 2.96 bits per heavy atom. The van der Waals surface area contributed by atoms with Gasteiger partial charge in [0.25, 0.3) is 0 Å². The number of fused-ring (bicyclic) bond motifs is 2. The Kier molecular flexibility index (Phi) is 3.62. The second-order valence-electron chi connectivity index (χ2n) is 5.83. The van der Waals surface area contributed by atoms with Crippen molar-refractivity contribution in [1.29, 1.82) is 0 Å². The molecule has 2 aromatic rings. The molecule has 4 rings (SSSR count). The summed E-state index contributed by atoms with van der Waals surface area (Å²) < 4.78 is 18.0. The quantitative estimate of drug-likeness (QED) is 0.744. The van der Waals surface area contributed by atoms with Gasteiger partial charge in [-0.05, 0) is 31.2 Å². The molecule has 0 spiro atoms. The topological polar surface area (TPSA) is 44.8 Å². The molecule has 0 saturated carbocycles. The molecular formula is C18H15BrO4. The predicted molar refractivity (Wildman–Crippen MR) is 87.9 cm³/mol. The third-order valence-corrected chi connectivity index (χ3v) is 4.58. The Labute approximate surface area is 142 Å². The molecule has 0 amide bonds. The van der Waals surface area contributed by atoms with Crippen molar-refractivity contribution in [3.63, 3.8) is 0 Å². The summed E-state index contributed by atoms with van der Waals surface area (Å²) in [7, 11) is 0. The second-order valence-corrected chi connectivity index (χ2v) is 6.74. The molecule has 0 N–H and O–H groups in total. The monoisotopic (exact) mass is 374 g/mol. The van der Waals surface area contributed by atoms with Crippen molar-refractivity contribution in [1.82, 2.24) is 0 Å². The maximum absolute atomic E-state index is 12.5. The summed E-state index contributed by atoms with van der Waals surface area (Å²) in [6, 6.07) is 9.63. The maximum atomic E-state index is 12.5. The summed E-state index contributed by atoms with van der Waals surface area (Å²) in [6.45, 7) is 2.69. The molecule has 0 unspecified atom stereocenters. The molecule has 5 heteroatoms. The SMILES string of the molecule is Cc1ccc2c(c1)C(=O)C[C@@H](c1cc(Br)cc3c1OCOC3)O2. The van der Waals surface area contributed by atoms with Crippen molar-refractivity contribution in [2.45, 2.75) is 26.1 Å². The molecular weight excluding hydrogens is 360 g/mol. The number of ketones is 1. The summed E-state index contributed by atoms with van der Waals surface area (Å²) in [6.07, 6.45) is -0.0362. The average molecular weight is 375 g/mol. The van der Waals surface area contributed by atoms with Crippen LogP contribution in [0.5, 0.6) is 11.5 Å². The zero-order chi connectivity index (χ0) is 16.0. The summed E-state index contributed by atoms with van der Waals surface area (Å²) in [5.74, 6) is 1.51. The van der Waals surface area contributed by atoms with Gasteiger partial charge in [0.05, 0.1) is 18.6 Å². The molecule has 0 bridgehead atoms. The van der Waals surface area contributed by atoms with E-state index in [0.29, 0.717) is 24.3 Å². The Hall–Kier alpha value is -1.85. The summed E-state index contributed by atoms with van der Waals surface area (Å²) in [4.78, 5) is 12.5. The van der Waals surface area contributed by atoms with Crippen LogP contribution in [0.25, 0.3) is 0 Å². The van der Waals surface area contributed by atoms with E-state index in [4.69, 9.17) is 14.2 Å². The first-order valence-corrected chi connectivity index (χ1v) is 8.24. The van der Waals surface area contributed by atoms with Crippen LogP contribution < -0.4 is 9.47 Å². The van der Waals surface area contributed by atoms with Gasteiger partial charge in [0, 0.05) is 15.6 Å². The first-order chi connectivity index (χ1) is 11.1. The van der Waals surface area contributed by atoms with Gasteiger partial charge in [-0.15, -0.1) is 0 Å². The van der Waals surface area contributed by atoms with Crippen LogP contribution in [0.2, 0.25) is 0 Å². The fourth-order valence-electron chi connectivity index (χ4n) is 3.06. The van der Waals surface area contributed by atoms with E-state index in [9.17, 15) is 4.79 Å². The van der Waals surface area contributed by atoms with Gasteiger partial charge in [0.15, 0.2) is 12.6 Å². The number of carbonyl (C=O) groups is 1. The van der Waals surface area contributed by atoms with E-state index < -0.39 is 0 Å². The molecule has 0 radical (unpaired) electrons. The van der Waals surface area contributed by atoms with E-state index in [1.807, 2.05) is 37.3 Å². The number of ether oxygens (including phenoxy) is 3. The molecule has 0 saturated heterocycles. The Balaban J connectivity index is 1.76. The minimum Gasteiger partial charge on any atom is -0.484 e. The number of halogens is 1. The first-order valence-electron chi connectivity index (χ1n) is 7.45. The van der Waals surface area contributed by atoms with Crippen LogP contribution >= 0.6 is 15.9 Å². The van der Waals surface area contributed by atoms with E-state index in [0.717, 1.165) is 26.9 Å². The third kappa shape index (κ3) is 2.64. The van der Waals surface area contributed by atoms with Gasteiger partial charge >= 0.3 is 0 Å². The number of aryl methyl sites for hydroxylation is 1. The van der Waals surface area contributed by atoms with Gasteiger partial charge < -0.3 is 14.2 Å². The minimum atomic E-state index is -0.345. The number of benzene rings is 2. The summed E-state index contributed by atoms with van der Waals surface area (Å²) in [5.41, 5.74) is 3.57. The number of Topliss-reactive ketones (excluding diaryl/α,β-unsaturated/α-hetero) is 1. The average Bonchev–Trinajstić information content (AvgIpc) is 2.54. The lowest BCUT2D eigenvalue weighted by Gasteiger charge is -2.29. The Morgan fingerprint density at radius 1 is 1.22 bits per heavy atom. The van der Waals surface area contributed by atoms with Crippen LogP contribution in [0.3, 0.4) is 0 Å². The lowest BCUT2D eigenvalue weighted by atomic mass is 9.93. The van der Waals surface area contributed by atoms with Crippen LogP contribution in [0, 0.1) is 6.92 Å². The highest BCUT2D eigenvalue weighted by atomic mass is 79.9. The van der Waals surface area contributed by atoms with Crippen LogP contribution in [0.15, 0.2) is 34.8 Å². The van der Waals surface area contributed by atoms with Crippen molar-refractivity contribution in [2.75, 3.05) is 6.79 Å². The highest BCUT2D eigenvalue weighted by molar-refractivity contribution is 9.10. The normalized spacial score (nSPS) is 19.4. The number of carbonyl (C=O) groups excluding carboxylic acids is 1. The van der Waals surface area contributed by atoms with Gasteiger partial charge in [-0.2, -0.15) is 0 Å². The molecule has 0 aromatic heterocycles. The molecule has 23 heavy (non-hydrogen) atoms. The van der Waals surface area contributed by atoms with Gasteiger partial charge in [0.2, 0.25) is 0 Å². The molecule has 4 nitrogen and oxygen atoms in total. The largest absolute Gasteiger partial charge is 0.484 e. The fraction of sp³-hybridized carbons (Fsp3) is 0.278. The molecule has 2 aliphatic rings. The zero-order valence-corrected chi connectivity index (χ0v) is 14.2. The highest BCUT2D eigenvalue weighted by Crippen LogP contribution is 2.42. The molecule has 0 fully saturated rings. The van der Waals surface area contributed by atoms with Crippen LogP contribution in [0.4, 0.5) is 0 Å². The summed E-state index contributed by atoms with van der Waals surface area (Å²) >= 11 is 3.51. The molecule has 0 aliphatic carbocycles. The molecule has 118 valence electrons. The van der Waals surface area contributed by atoms with Crippen molar-refractivity contribution >= 4 is 21.7 Å². The van der Waals surface area contributed by atoms with E-state index in [2.05, 4.69) is 15.9 Å². The predicted octanol–water partition coefficient (Wildman–Crippen LogP) is 4.33. The number of rotatable bonds is 1. The maximum Gasteiger partial charge on any atom is 0.189 e. The number of hydrogen-bond donors (Lipinski definition) is 0. The van der Waals surface area contributed by atoms with Crippen molar-refractivity contribution in [2.24, 2.45) is 0 Å². The van der Waals surface area contributed by atoms with Gasteiger partial charge in [-0.1, -0.05) is 27.6 Å². The van der Waals surface area contributed by atoms with E-state index in [1.165, 1.54) is 0 Å². The Bertz CT molecular complexity index is 800. The summed E-state index contributed by atoms with van der Waals surface area (Å²) in [5, 5.41) is 0. The smallest absolute Gasteiger partial charge is 0.189 e. The molecule has 2 aromatic carbocycles. The first kappa shape index (κ1) is 14.7. The van der Waals surface area contributed by atoms with Crippen molar-refractivity contribution in [3.8, 4) is 11.5 Å². The van der Waals surface area contributed by atoms with E-state index >= 15 is 0 Å². The van der Waals surface area contributed by atoms with Gasteiger partial charge in [-0.25, -0.2) is 0 Å². The lowest BCUT2D eigenvalue weighted by Crippen LogP contribution is -2.23. The highest BCUT2D eigenvalue weighted by Gasteiger charge is 2.31. The fourth-order valence-corrected chi connectivity index (χ4v) is 3.58. The minimum absolute atomic E-state index is 0.0979. The molecule has 2 heterocycles. The van der Waals surface area contributed by atoms with Gasteiger partial charge in [-0.3, -0.25) is 4.79 Å². The molecule has 1 atom stereocenters. The van der Waals surface area contributed by atoms with Crippen LogP contribution in [-0.4, -0.2) is 12.6 Å². The Morgan fingerprint density at radius 2 is 2.09 bits per heavy atom. The van der Waals surface area contributed by atoms with Crippen LogP contribution in [-0.2, 0) is 11.3 Å². The van der Waals surface area contributed by atoms with Crippen LogP contribution in [0.1, 0.15) is 39.6 Å². The zero-order valence-electron chi connectivity index (χ0n) is 12.6. The third-order valence-electron chi connectivity index (χ3n) is 4.13. The second kappa shape index (κ2) is 5.65. The van der Waals surface area contributed by atoms with E-state index in [1.54, 1.807) is 0 Å². The molecule has 2 aliphatic heterocycles. The van der Waals surface area contributed by atoms with Gasteiger partial charge in [0.1, 0.15) is 17.6 Å².